The molecule has 2 aromatic carbocycles. The predicted molar refractivity (Wildman–Crippen MR) is 156 cm³/mol. The molecule has 224 valence electrons. The number of nitrogens with zero attached hydrogens (tertiary/aromatic N) is 2. The number of halogens is 2. The Kier molecular flexibility index (Phi) is 10.4. The van der Waals surface area contributed by atoms with Crippen LogP contribution >= 0.6 is 0 Å². The number of nitrogens with one attached hydrogen (secondary N) is 1. The van der Waals surface area contributed by atoms with Gasteiger partial charge in [-0.05, 0) is 69.9 Å². The third-order valence-corrected chi connectivity index (χ3v) is 7.50. The zero-order chi connectivity index (χ0) is 30.3. The summed E-state index contributed by atoms with van der Waals surface area (Å²) in [4.78, 5) is 17.1. The number of carbonyl (C=O) groups is 1. The van der Waals surface area contributed by atoms with Crippen molar-refractivity contribution in [1.29, 1.82) is 5.26 Å². The van der Waals surface area contributed by atoms with E-state index < -0.39 is 23.5 Å². The summed E-state index contributed by atoms with van der Waals surface area (Å²) in [5.74, 6) is -1.71. The van der Waals surface area contributed by atoms with Crippen molar-refractivity contribution in [2.75, 3.05) is 13.1 Å². The molecule has 1 aliphatic heterocycles. The van der Waals surface area contributed by atoms with Gasteiger partial charge in [0.2, 0.25) is 0 Å². The van der Waals surface area contributed by atoms with Gasteiger partial charge in [-0.1, -0.05) is 31.5 Å². The minimum atomic E-state index is -0.795. The van der Waals surface area contributed by atoms with Crippen LogP contribution < -0.4 is 4.74 Å². The summed E-state index contributed by atoms with van der Waals surface area (Å²) in [6.07, 6.45) is 5.67. The number of rotatable bonds is 13. The Bertz CT molecular complexity index is 1360. The van der Waals surface area contributed by atoms with Crippen molar-refractivity contribution in [1.82, 2.24) is 9.88 Å². The van der Waals surface area contributed by atoms with E-state index in [1.165, 1.54) is 6.07 Å². The Labute approximate surface area is 246 Å². The zero-order valence-electron chi connectivity index (χ0n) is 24.7. The Morgan fingerprint density at radius 2 is 1.88 bits per heavy atom. The summed E-state index contributed by atoms with van der Waals surface area (Å²) in [6, 6.07) is 12.4. The van der Waals surface area contributed by atoms with Gasteiger partial charge in [-0.25, -0.2) is 8.78 Å². The van der Waals surface area contributed by atoms with Crippen LogP contribution in [0.15, 0.2) is 48.7 Å². The summed E-state index contributed by atoms with van der Waals surface area (Å²) in [5.41, 5.74) is 2.27. The lowest BCUT2D eigenvalue weighted by Crippen LogP contribution is -2.41. The third kappa shape index (κ3) is 7.75. The van der Waals surface area contributed by atoms with Crippen molar-refractivity contribution in [2.24, 2.45) is 5.92 Å². The molecular weight excluding hydrogens is 540 g/mol. The number of ether oxygens (including phenoxy) is 3. The molecule has 42 heavy (non-hydrogen) atoms. The molecule has 1 aliphatic rings. The summed E-state index contributed by atoms with van der Waals surface area (Å²) >= 11 is 0. The van der Waals surface area contributed by atoms with E-state index in [1.807, 2.05) is 0 Å². The second-order valence-electron chi connectivity index (χ2n) is 11.7. The summed E-state index contributed by atoms with van der Waals surface area (Å²) in [6.45, 7) is 10.4. The Hall–Kier alpha value is -3.74. The van der Waals surface area contributed by atoms with Crippen LogP contribution in [0.4, 0.5) is 8.78 Å². The smallest absolute Gasteiger partial charge is 0.293 e. The fraction of sp³-hybridized carbons (Fsp3) is 0.455. The number of hydrogen-bond donors (Lipinski definition) is 1. The van der Waals surface area contributed by atoms with Gasteiger partial charge in [-0.15, -0.1) is 0 Å². The molecule has 1 aromatic heterocycles. The molecule has 1 saturated heterocycles. The van der Waals surface area contributed by atoms with Crippen LogP contribution in [0.25, 0.3) is 11.1 Å². The van der Waals surface area contributed by atoms with Gasteiger partial charge < -0.3 is 19.2 Å². The van der Waals surface area contributed by atoms with Crippen molar-refractivity contribution in [3.63, 3.8) is 0 Å². The summed E-state index contributed by atoms with van der Waals surface area (Å²) in [7, 11) is 0. The number of unbranched alkanes of at least 4 members (excludes halogenated alkanes) is 1. The van der Waals surface area contributed by atoms with Crippen LogP contribution in [0.2, 0.25) is 0 Å². The average Bonchev–Trinajstić information content (AvgIpc) is 3.60. The molecule has 2 heterocycles. The van der Waals surface area contributed by atoms with Crippen LogP contribution in [0.1, 0.15) is 64.6 Å². The van der Waals surface area contributed by atoms with E-state index in [0.29, 0.717) is 29.7 Å². The minimum Gasteiger partial charge on any atom is -0.464 e. The van der Waals surface area contributed by atoms with Crippen molar-refractivity contribution >= 4 is 6.47 Å². The van der Waals surface area contributed by atoms with Crippen LogP contribution in [-0.4, -0.2) is 47.4 Å². The minimum absolute atomic E-state index is 0.000388. The molecule has 9 heteroatoms. The fourth-order valence-electron chi connectivity index (χ4n) is 5.46. The third-order valence-electron chi connectivity index (χ3n) is 7.50. The summed E-state index contributed by atoms with van der Waals surface area (Å²) in [5, 5.41) is 10.1. The maximum absolute atomic E-state index is 14.0. The molecule has 3 atom stereocenters. The largest absolute Gasteiger partial charge is 0.464 e. The van der Waals surface area contributed by atoms with E-state index in [4.69, 9.17) is 14.2 Å². The molecule has 7 nitrogen and oxygen atoms in total. The number of hydrogen-bond acceptors (Lipinski definition) is 6. The molecule has 3 aromatic rings. The SMILES string of the molecule is CCCCC(OC(C)(C)C)N1CCC(C(Cc2[nH]cc(-c3ccc(Oc4c(F)cccc4F)cc3)c2C#N)OC=O)C1. The number of aromatic amines is 1. The topological polar surface area (TPSA) is 87.6 Å². The summed E-state index contributed by atoms with van der Waals surface area (Å²) < 4.78 is 45.4. The Morgan fingerprint density at radius 1 is 1.17 bits per heavy atom. The highest BCUT2D eigenvalue weighted by molar-refractivity contribution is 5.72. The lowest BCUT2D eigenvalue weighted by atomic mass is 9.95. The molecule has 0 saturated carbocycles. The number of likely N-dealkylation sites (tertiary alicyclic amines) is 1. The highest BCUT2D eigenvalue weighted by Gasteiger charge is 2.36. The van der Waals surface area contributed by atoms with E-state index in [-0.39, 0.29) is 23.5 Å². The van der Waals surface area contributed by atoms with Crippen molar-refractivity contribution in [3.05, 3.63) is 71.6 Å². The molecule has 0 aliphatic carbocycles. The molecule has 1 fully saturated rings. The number of H-pyrrole nitrogens is 1. The van der Waals surface area contributed by atoms with Crippen molar-refractivity contribution < 1.29 is 27.8 Å². The first-order chi connectivity index (χ1) is 20.1. The van der Waals surface area contributed by atoms with Gasteiger partial charge in [-0.3, -0.25) is 9.69 Å². The predicted octanol–water partition coefficient (Wildman–Crippen LogP) is 7.36. The Morgan fingerprint density at radius 3 is 2.50 bits per heavy atom. The standard InChI is InChI=1S/C33H39F2N3O4/c1-5-6-10-31(42-33(2,3)4)38-16-15-23(20-38)30(40-21-39)17-29-25(18-36)26(19-37-29)22-11-13-24(14-12-22)41-32-27(34)8-7-9-28(32)35/h7-9,11-14,19,21,23,30-31,37H,5-6,10,15-17,20H2,1-4H3. The molecular formula is C33H39F2N3O4. The van der Waals surface area contributed by atoms with Crippen LogP contribution in [0.3, 0.4) is 0 Å². The maximum atomic E-state index is 14.0. The van der Waals surface area contributed by atoms with E-state index in [9.17, 15) is 18.8 Å². The van der Waals surface area contributed by atoms with Crippen LogP contribution in [0, 0.1) is 28.9 Å². The molecule has 4 rings (SSSR count). The molecule has 3 unspecified atom stereocenters. The van der Waals surface area contributed by atoms with Crippen molar-refractivity contribution in [2.45, 2.75) is 77.7 Å². The van der Waals surface area contributed by atoms with Gasteiger partial charge in [0, 0.05) is 42.9 Å². The fourth-order valence-corrected chi connectivity index (χ4v) is 5.46. The first-order valence-corrected chi connectivity index (χ1v) is 14.5. The molecule has 0 radical (unpaired) electrons. The van der Waals surface area contributed by atoms with Gasteiger partial charge in [-0.2, -0.15) is 5.26 Å². The van der Waals surface area contributed by atoms with Gasteiger partial charge in [0.25, 0.3) is 6.47 Å². The lowest BCUT2D eigenvalue weighted by molar-refractivity contribution is -0.138. The second-order valence-corrected chi connectivity index (χ2v) is 11.7. The van der Waals surface area contributed by atoms with Gasteiger partial charge in [0.05, 0.1) is 11.2 Å². The Balaban J connectivity index is 1.48. The molecule has 1 N–H and O–H groups in total. The molecule has 0 bridgehead atoms. The maximum Gasteiger partial charge on any atom is 0.293 e. The second kappa shape index (κ2) is 14.0. The van der Waals surface area contributed by atoms with E-state index in [2.05, 4.69) is 43.6 Å². The van der Waals surface area contributed by atoms with E-state index >= 15 is 0 Å². The van der Waals surface area contributed by atoms with E-state index in [0.717, 1.165) is 56.5 Å². The number of carbonyl (C=O) groups excluding carboxylic acids is 1. The number of nitriles is 1. The monoisotopic (exact) mass is 579 g/mol. The first kappa shape index (κ1) is 31.2. The highest BCUT2D eigenvalue weighted by Crippen LogP contribution is 2.33. The highest BCUT2D eigenvalue weighted by atomic mass is 19.1. The van der Waals surface area contributed by atoms with Gasteiger partial charge in [0.15, 0.2) is 17.4 Å². The number of para-hydroxylation sites is 1. The van der Waals surface area contributed by atoms with Gasteiger partial charge >= 0.3 is 0 Å². The quantitative estimate of drug-likeness (QED) is 0.213. The molecule has 0 amide bonds. The van der Waals surface area contributed by atoms with Crippen molar-refractivity contribution in [3.8, 4) is 28.7 Å². The number of aromatic nitrogens is 1. The average molecular weight is 580 g/mol. The van der Waals surface area contributed by atoms with Crippen LogP contribution in [-0.2, 0) is 20.7 Å². The first-order valence-electron chi connectivity index (χ1n) is 14.5. The normalized spacial score (nSPS) is 17.0. The zero-order valence-corrected chi connectivity index (χ0v) is 24.7. The van der Waals surface area contributed by atoms with Crippen LogP contribution in [0.5, 0.6) is 11.5 Å². The van der Waals surface area contributed by atoms with E-state index in [1.54, 1.807) is 30.5 Å². The number of benzene rings is 2. The lowest BCUT2D eigenvalue weighted by Gasteiger charge is -2.34. The molecule has 0 spiro atoms. The van der Waals surface area contributed by atoms with Gasteiger partial charge in [0.1, 0.15) is 24.2 Å².